The van der Waals surface area contributed by atoms with E-state index >= 15 is 0 Å². The Bertz CT molecular complexity index is 620. The summed E-state index contributed by atoms with van der Waals surface area (Å²) in [6, 6.07) is 16.5. The predicted molar refractivity (Wildman–Crippen MR) is 91.8 cm³/mol. The molecule has 1 amide bonds. The second kappa shape index (κ2) is 8.22. The van der Waals surface area contributed by atoms with Crippen molar-refractivity contribution in [3.05, 3.63) is 54.1 Å². The first kappa shape index (κ1) is 16.9. The van der Waals surface area contributed by atoms with Gasteiger partial charge in [-0.25, -0.2) is 4.79 Å². The molecule has 4 heteroatoms. The average molecular weight is 313 g/mol. The van der Waals surface area contributed by atoms with Crippen LogP contribution in [0.3, 0.4) is 0 Å². The maximum atomic E-state index is 11.2. The minimum Gasteiger partial charge on any atom is -0.494 e. The number of carbonyl (C=O) groups is 1. The molecule has 1 N–H and O–H groups in total. The zero-order chi connectivity index (χ0) is 16.7. The van der Waals surface area contributed by atoms with Crippen molar-refractivity contribution in [1.82, 2.24) is 5.32 Å². The summed E-state index contributed by atoms with van der Waals surface area (Å²) in [5.74, 6) is 0.885. The standard InChI is InChI=1S/C19H23NO3/c1-4-23-18-11-9-17(10-12-18)16-7-5-15(6-8-16)13-14(2)20-19(21)22-3/h5-12,14H,4,13H2,1-3H3,(H,20,21). The van der Waals surface area contributed by atoms with Crippen molar-refractivity contribution in [2.24, 2.45) is 0 Å². The van der Waals surface area contributed by atoms with Crippen molar-refractivity contribution in [3.8, 4) is 16.9 Å². The molecule has 2 aromatic carbocycles. The molecule has 0 radical (unpaired) electrons. The Labute approximate surface area is 137 Å². The minimum atomic E-state index is -0.400. The van der Waals surface area contributed by atoms with E-state index in [9.17, 15) is 4.79 Å². The molecule has 2 rings (SSSR count). The molecule has 0 spiro atoms. The van der Waals surface area contributed by atoms with Crippen LogP contribution in [0, 0.1) is 0 Å². The summed E-state index contributed by atoms with van der Waals surface area (Å²) < 4.78 is 10.1. The minimum absolute atomic E-state index is 0.0266. The molecule has 4 nitrogen and oxygen atoms in total. The van der Waals surface area contributed by atoms with Crippen molar-refractivity contribution in [2.45, 2.75) is 26.3 Å². The lowest BCUT2D eigenvalue weighted by Gasteiger charge is -2.13. The number of alkyl carbamates (subject to hydrolysis) is 1. The van der Waals surface area contributed by atoms with E-state index in [1.807, 2.05) is 26.0 Å². The molecule has 0 aliphatic carbocycles. The zero-order valence-electron chi connectivity index (χ0n) is 13.8. The van der Waals surface area contributed by atoms with Gasteiger partial charge in [0, 0.05) is 6.04 Å². The molecule has 0 aliphatic heterocycles. The fourth-order valence-electron chi connectivity index (χ4n) is 2.41. The van der Waals surface area contributed by atoms with Gasteiger partial charge in [0.2, 0.25) is 0 Å². The molecular formula is C19H23NO3. The van der Waals surface area contributed by atoms with Crippen LogP contribution in [0.5, 0.6) is 5.75 Å². The Morgan fingerprint density at radius 2 is 1.61 bits per heavy atom. The SMILES string of the molecule is CCOc1ccc(-c2ccc(CC(C)NC(=O)OC)cc2)cc1. The number of nitrogens with one attached hydrogen (secondary N) is 1. The summed E-state index contributed by atoms with van der Waals surface area (Å²) in [6.45, 7) is 4.60. The molecule has 0 saturated heterocycles. The van der Waals surface area contributed by atoms with Crippen LogP contribution in [-0.2, 0) is 11.2 Å². The molecule has 0 saturated carbocycles. The molecule has 0 bridgehead atoms. The average Bonchev–Trinajstić information content (AvgIpc) is 2.56. The van der Waals surface area contributed by atoms with E-state index in [1.54, 1.807) is 0 Å². The maximum Gasteiger partial charge on any atom is 0.407 e. The summed E-state index contributed by atoms with van der Waals surface area (Å²) in [4.78, 5) is 11.2. The molecule has 0 fully saturated rings. The number of methoxy groups -OCH3 is 1. The van der Waals surface area contributed by atoms with Gasteiger partial charge in [0.1, 0.15) is 5.75 Å². The highest BCUT2D eigenvalue weighted by molar-refractivity contribution is 5.67. The monoisotopic (exact) mass is 313 g/mol. The van der Waals surface area contributed by atoms with Gasteiger partial charge < -0.3 is 14.8 Å². The van der Waals surface area contributed by atoms with Crippen molar-refractivity contribution in [2.75, 3.05) is 13.7 Å². The third-order valence-electron chi connectivity index (χ3n) is 3.54. The van der Waals surface area contributed by atoms with Crippen LogP contribution in [-0.4, -0.2) is 25.9 Å². The van der Waals surface area contributed by atoms with E-state index in [-0.39, 0.29) is 6.04 Å². The normalized spacial score (nSPS) is 11.6. The lowest BCUT2D eigenvalue weighted by atomic mass is 10.0. The van der Waals surface area contributed by atoms with Gasteiger partial charge in [0.05, 0.1) is 13.7 Å². The number of hydrogen-bond donors (Lipinski definition) is 1. The van der Waals surface area contributed by atoms with E-state index in [0.717, 1.165) is 23.3 Å². The molecule has 23 heavy (non-hydrogen) atoms. The molecule has 1 unspecified atom stereocenters. The van der Waals surface area contributed by atoms with E-state index < -0.39 is 6.09 Å². The third-order valence-corrected chi connectivity index (χ3v) is 3.54. The Balaban J connectivity index is 2.00. The lowest BCUT2D eigenvalue weighted by Crippen LogP contribution is -2.33. The largest absolute Gasteiger partial charge is 0.494 e. The predicted octanol–water partition coefficient (Wildman–Crippen LogP) is 4.04. The van der Waals surface area contributed by atoms with Gasteiger partial charge in [-0.05, 0) is 49.1 Å². The number of amides is 1. The number of benzene rings is 2. The summed E-state index contributed by atoms with van der Waals surface area (Å²) in [5, 5.41) is 2.77. The van der Waals surface area contributed by atoms with Crippen molar-refractivity contribution >= 4 is 6.09 Å². The molecule has 0 aliphatic rings. The van der Waals surface area contributed by atoms with E-state index in [4.69, 9.17) is 4.74 Å². The van der Waals surface area contributed by atoms with Crippen molar-refractivity contribution in [1.29, 1.82) is 0 Å². The van der Waals surface area contributed by atoms with Gasteiger partial charge in [-0.1, -0.05) is 36.4 Å². The number of hydrogen-bond acceptors (Lipinski definition) is 3. The van der Waals surface area contributed by atoms with E-state index in [1.165, 1.54) is 12.7 Å². The van der Waals surface area contributed by atoms with Gasteiger partial charge in [-0.2, -0.15) is 0 Å². The van der Waals surface area contributed by atoms with Crippen LogP contribution in [0.4, 0.5) is 4.79 Å². The highest BCUT2D eigenvalue weighted by Crippen LogP contribution is 2.23. The smallest absolute Gasteiger partial charge is 0.407 e. The summed E-state index contributed by atoms with van der Waals surface area (Å²) >= 11 is 0. The zero-order valence-corrected chi connectivity index (χ0v) is 13.8. The molecule has 1 atom stereocenters. The Morgan fingerprint density at radius 3 is 2.13 bits per heavy atom. The van der Waals surface area contributed by atoms with E-state index in [0.29, 0.717) is 6.61 Å². The molecular weight excluding hydrogens is 290 g/mol. The van der Waals surface area contributed by atoms with Gasteiger partial charge in [-0.3, -0.25) is 0 Å². The van der Waals surface area contributed by atoms with E-state index in [2.05, 4.69) is 46.5 Å². The fraction of sp³-hybridized carbons (Fsp3) is 0.316. The van der Waals surface area contributed by atoms with Gasteiger partial charge in [-0.15, -0.1) is 0 Å². The summed E-state index contributed by atoms with van der Waals surface area (Å²) in [7, 11) is 1.37. The van der Waals surface area contributed by atoms with Gasteiger partial charge in [0.25, 0.3) is 0 Å². The molecule has 0 heterocycles. The van der Waals surface area contributed by atoms with Crippen LogP contribution in [0.1, 0.15) is 19.4 Å². The lowest BCUT2D eigenvalue weighted by molar-refractivity contribution is 0.167. The van der Waals surface area contributed by atoms with Crippen LogP contribution >= 0.6 is 0 Å². The molecule has 2 aromatic rings. The van der Waals surface area contributed by atoms with Crippen LogP contribution in [0.15, 0.2) is 48.5 Å². The first-order chi connectivity index (χ1) is 11.1. The fourth-order valence-corrected chi connectivity index (χ4v) is 2.41. The molecule has 122 valence electrons. The van der Waals surface area contributed by atoms with Crippen LogP contribution < -0.4 is 10.1 Å². The van der Waals surface area contributed by atoms with Crippen LogP contribution in [0.25, 0.3) is 11.1 Å². The van der Waals surface area contributed by atoms with Gasteiger partial charge >= 0.3 is 6.09 Å². The first-order valence-corrected chi connectivity index (χ1v) is 7.79. The van der Waals surface area contributed by atoms with Crippen molar-refractivity contribution < 1.29 is 14.3 Å². The van der Waals surface area contributed by atoms with Crippen molar-refractivity contribution in [3.63, 3.8) is 0 Å². The second-order valence-electron chi connectivity index (χ2n) is 5.40. The highest BCUT2D eigenvalue weighted by Gasteiger charge is 2.08. The molecule has 0 aromatic heterocycles. The Kier molecular flexibility index (Phi) is 6.03. The summed E-state index contributed by atoms with van der Waals surface area (Å²) in [6.07, 6.45) is 0.363. The maximum absolute atomic E-state index is 11.2. The number of carbonyl (C=O) groups excluding carboxylic acids is 1. The summed E-state index contributed by atoms with van der Waals surface area (Å²) in [5.41, 5.74) is 3.48. The van der Waals surface area contributed by atoms with Crippen LogP contribution in [0.2, 0.25) is 0 Å². The van der Waals surface area contributed by atoms with Gasteiger partial charge in [0.15, 0.2) is 0 Å². The quantitative estimate of drug-likeness (QED) is 0.875. The number of ether oxygens (including phenoxy) is 2. The number of rotatable bonds is 6. The first-order valence-electron chi connectivity index (χ1n) is 7.79. The highest BCUT2D eigenvalue weighted by atomic mass is 16.5. The Morgan fingerprint density at radius 1 is 1.04 bits per heavy atom. The third kappa shape index (κ3) is 5.02. The second-order valence-corrected chi connectivity index (χ2v) is 5.40. The topological polar surface area (TPSA) is 47.6 Å². The Hall–Kier alpha value is -2.49.